The Kier molecular flexibility index (Phi) is 5.46. The van der Waals surface area contributed by atoms with Crippen molar-refractivity contribution < 1.29 is 14.3 Å². The highest BCUT2D eigenvalue weighted by atomic mass is 32.1. The highest BCUT2D eigenvalue weighted by Crippen LogP contribution is 2.33. The first kappa shape index (κ1) is 19.6. The van der Waals surface area contributed by atoms with Gasteiger partial charge in [0.2, 0.25) is 5.91 Å². The lowest BCUT2D eigenvalue weighted by molar-refractivity contribution is 0.1000. The van der Waals surface area contributed by atoms with Gasteiger partial charge in [-0.05, 0) is 44.2 Å². The van der Waals surface area contributed by atoms with Crippen molar-refractivity contribution in [1.29, 1.82) is 0 Å². The molecular weight excluding hydrogens is 378 g/mol. The smallest absolute Gasteiger partial charge is 0.336 e. The monoisotopic (exact) mass is 399 g/mol. The fourth-order valence-corrected chi connectivity index (χ4v) is 2.96. The Bertz CT molecular complexity index is 1050. The fraction of sp³-hybridized carbons (Fsp3) is 0.211. The van der Waals surface area contributed by atoms with Crippen molar-refractivity contribution >= 4 is 47.0 Å². The lowest BCUT2D eigenvalue weighted by Gasteiger charge is -2.22. The maximum atomic E-state index is 12.8. The number of thiol groups is 1. The van der Waals surface area contributed by atoms with Gasteiger partial charge in [0.25, 0.3) is 0 Å². The maximum Gasteiger partial charge on any atom is 0.336 e. The highest BCUT2D eigenvalue weighted by molar-refractivity contribution is 7.82. The summed E-state index contributed by atoms with van der Waals surface area (Å²) >= 11 is 4.32. The number of amides is 3. The molecule has 146 valence electrons. The van der Waals surface area contributed by atoms with Crippen LogP contribution >= 0.6 is 12.8 Å². The minimum Gasteiger partial charge on any atom is -0.489 e. The van der Waals surface area contributed by atoms with Crippen LogP contribution < -0.4 is 20.1 Å². The molecule has 0 unspecified atom stereocenters. The lowest BCUT2D eigenvalue weighted by atomic mass is 10.1. The maximum absolute atomic E-state index is 12.8. The van der Waals surface area contributed by atoms with Gasteiger partial charge in [-0.3, -0.25) is 9.48 Å². The number of hydrogen-bond acceptors (Lipinski definition) is 5. The predicted molar refractivity (Wildman–Crippen MR) is 112 cm³/mol. The average molecular weight is 399 g/mol. The molecule has 3 rings (SSSR count). The molecule has 3 amide bonds. The number of benzene rings is 2. The second-order valence-corrected chi connectivity index (χ2v) is 6.86. The molecule has 3 aromatic rings. The summed E-state index contributed by atoms with van der Waals surface area (Å²) in [5.74, 6) is -0.204. The molecule has 0 aliphatic heterocycles. The zero-order valence-electron chi connectivity index (χ0n) is 15.7. The third-order valence-corrected chi connectivity index (χ3v) is 4.46. The number of rotatable bonds is 5. The Morgan fingerprint density at radius 2 is 2.04 bits per heavy atom. The van der Waals surface area contributed by atoms with E-state index in [-0.39, 0.29) is 11.7 Å². The summed E-state index contributed by atoms with van der Waals surface area (Å²) in [7, 11) is 1.82. The van der Waals surface area contributed by atoms with Crippen molar-refractivity contribution in [1.82, 2.24) is 9.78 Å². The highest BCUT2D eigenvalue weighted by Gasteiger charge is 2.20. The van der Waals surface area contributed by atoms with E-state index in [4.69, 9.17) is 10.5 Å². The third kappa shape index (κ3) is 3.89. The molecule has 0 bridgehead atoms. The number of nitrogens with two attached hydrogens (primary N) is 1. The van der Waals surface area contributed by atoms with E-state index in [0.29, 0.717) is 17.1 Å². The molecule has 0 aliphatic carbocycles. The summed E-state index contributed by atoms with van der Waals surface area (Å²) in [5.41, 5.74) is 7.39. The molecule has 0 saturated heterocycles. The molecule has 0 aliphatic rings. The van der Waals surface area contributed by atoms with Gasteiger partial charge < -0.3 is 15.8 Å². The Morgan fingerprint density at radius 3 is 2.71 bits per heavy atom. The summed E-state index contributed by atoms with van der Waals surface area (Å²) in [4.78, 5) is 24.4. The van der Waals surface area contributed by atoms with Crippen LogP contribution in [0.2, 0.25) is 0 Å². The zero-order valence-corrected chi connectivity index (χ0v) is 16.6. The summed E-state index contributed by atoms with van der Waals surface area (Å²) < 4.78 is 8.54. The third-order valence-electron chi connectivity index (χ3n) is 4.06. The molecule has 0 saturated carbocycles. The number of anilines is 2. The Hall–Kier alpha value is -3.20. The van der Waals surface area contributed by atoms with Crippen molar-refractivity contribution in [3.63, 3.8) is 0 Å². The average Bonchev–Trinajstić information content (AvgIpc) is 3.03. The number of urea groups is 1. The van der Waals surface area contributed by atoms with Gasteiger partial charge in [-0.1, -0.05) is 18.9 Å². The number of carbonyl (C=O) groups is 2. The first-order valence-corrected chi connectivity index (χ1v) is 8.99. The molecule has 0 fully saturated rings. The largest absolute Gasteiger partial charge is 0.489 e. The second kappa shape index (κ2) is 7.81. The fourth-order valence-electron chi connectivity index (χ4n) is 2.75. The van der Waals surface area contributed by atoms with Crippen LogP contribution in [0, 0.1) is 0 Å². The van der Waals surface area contributed by atoms with Crippen molar-refractivity contribution in [3.8, 4) is 5.75 Å². The first-order valence-electron chi connectivity index (χ1n) is 8.59. The summed E-state index contributed by atoms with van der Waals surface area (Å²) in [6.07, 6.45) is 1.54. The molecule has 3 N–H and O–H groups in total. The van der Waals surface area contributed by atoms with Gasteiger partial charge in [-0.2, -0.15) is 5.10 Å². The number of fused-ring (bicyclic) bond motifs is 1. The number of primary amides is 1. The van der Waals surface area contributed by atoms with E-state index in [1.54, 1.807) is 29.1 Å². The minimum atomic E-state index is -0.611. The first-order chi connectivity index (χ1) is 13.3. The molecule has 1 heterocycles. The lowest BCUT2D eigenvalue weighted by Crippen LogP contribution is -2.28. The van der Waals surface area contributed by atoms with E-state index < -0.39 is 11.9 Å². The number of carbonyl (C=O) groups excluding carboxylic acids is 2. The van der Waals surface area contributed by atoms with Crippen molar-refractivity contribution in [2.45, 2.75) is 20.0 Å². The van der Waals surface area contributed by atoms with Crippen molar-refractivity contribution in [2.75, 3.05) is 9.62 Å². The molecule has 1 aromatic heterocycles. The summed E-state index contributed by atoms with van der Waals surface area (Å²) in [6.45, 7) is 3.72. The van der Waals surface area contributed by atoms with E-state index >= 15 is 0 Å². The molecule has 9 heteroatoms. The predicted octanol–water partition coefficient (Wildman–Crippen LogP) is 3.34. The van der Waals surface area contributed by atoms with Crippen LogP contribution in [-0.2, 0) is 7.05 Å². The van der Waals surface area contributed by atoms with Gasteiger partial charge in [0, 0.05) is 18.0 Å². The number of aryl methyl sites for hydroxylation is 1. The van der Waals surface area contributed by atoms with E-state index in [0.717, 1.165) is 15.2 Å². The van der Waals surface area contributed by atoms with Crippen LogP contribution in [0.5, 0.6) is 5.75 Å². The number of nitrogens with one attached hydrogen (secondary N) is 1. The van der Waals surface area contributed by atoms with Crippen LogP contribution in [0.15, 0.2) is 42.6 Å². The number of ether oxygens (including phenoxy) is 1. The molecule has 0 radical (unpaired) electrons. The molecular formula is C19H21N5O3S. The Balaban J connectivity index is 1.93. The van der Waals surface area contributed by atoms with E-state index in [1.807, 2.05) is 33.0 Å². The van der Waals surface area contributed by atoms with Crippen LogP contribution in [0.25, 0.3) is 10.9 Å². The molecule has 28 heavy (non-hydrogen) atoms. The van der Waals surface area contributed by atoms with E-state index in [1.165, 1.54) is 6.07 Å². The van der Waals surface area contributed by atoms with Crippen molar-refractivity contribution in [2.24, 2.45) is 12.8 Å². The number of hydrogen-bond donors (Lipinski definition) is 3. The van der Waals surface area contributed by atoms with Gasteiger partial charge in [0.05, 0.1) is 29.2 Å². The molecule has 2 aromatic carbocycles. The summed E-state index contributed by atoms with van der Waals surface area (Å²) in [6, 6.07) is 9.58. The SMILES string of the molecule is CC(C)Oc1ccc(C(N)=O)cc1N(S)C(=O)Nc1cccc2c1cnn2C. The van der Waals surface area contributed by atoms with Crippen LogP contribution in [0.1, 0.15) is 24.2 Å². The molecule has 0 spiro atoms. The Morgan fingerprint density at radius 1 is 1.29 bits per heavy atom. The molecule has 8 nitrogen and oxygen atoms in total. The summed E-state index contributed by atoms with van der Waals surface area (Å²) in [5, 5.41) is 7.81. The standard InChI is InChI=1S/C19H21N5O3S/c1-11(2)27-17-8-7-12(18(20)25)9-16(17)24(28)19(26)22-14-5-4-6-15-13(14)10-21-23(15)3/h4-11,28H,1-3H3,(H2,20,25)(H,22,26). The number of nitrogens with zero attached hydrogens (tertiary/aromatic N) is 3. The topological polar surface area (TPSA) is 102 Å². The normalized spacial score (nSPS) is 10.9. The minimum absolute atomic E-state index is 0.132. The van der Waals surface area contributed by atoms with Crippen LogP contribution in [0.3, 0.4) is 0 Å². The van der Waals surface area contributed by atoms with Gasteiger partial charge in [0.1, 0.15) is 5.75 Å². The van der Waals surface area contributed by atoms with Crippen LogP contribution in [-0.4, -0.2) is 27.8 Å². The van der Waals surface area contributed by atoms with E-state index in [2.05, 4.69) is 23.2 Å². The van der Waals surface area contributed by atoms with E-state index in [9.17, 15) is 9.59 Å². The van der Waals surface area contributed by atoms with Gasteiger partial charge >= 0.3 is 6.03 Å². The molecule has 0 atom stereocenters. The quantitative estimate of drug-likeness (QED) is 0.573. The van der Waals surface area contributed by atoms with Gasteiger partial charge in [-0.15, -0.1) is 0 Å². The van der Waals surface area contributed by atoms with Gasteiger partial charge in [0.15, 0.2) is 0 Å². The van der Waals surface area contributed by atoms with Crippen molar-refractivity contribution in [3.05, 3.63) is 48.2 Å². The van der Waals surface area contributed by atoms with Crippen LogP contribution in [0.4, 0.5) is 16.2 Å². The zero-order chi connectivity index (χ0) is 20.4. The Labute approximate surface area is 167 Å². The van der Waals surface area contributed by atoms with Gasteiger partial charge in [-0.25, -0.2) is 9.10 Å². The number of aromatic nitrogens is 2. The second-order valence-electron chi connectivity index (χ2n) is 6.46.